The molecule has 1 fully saturated rings. The Balaban J connectivity index is 1.53. The monoisotopic (exact) mass is 407 g/mol. The lowest BCUT2D eigenvalue weighted by Crippen LogP contribution is -2.40. The molecular formula is C25H33N3O2. The fraction of sp³-hybridized carbons (Fsp3) is 0.480. The number of fused-ring (bicyclic) bond motifs is 1. The van der Waals surface area contributed by atoms with E-state index in [1.54, 1.807) is 13.2 Å². The maximum absolute atomic E-state index is 12.8. The zero-order valence-corrected chi connectivity index (χ0v) is 18.2. The molecule has 0 aromatic heterocycles. The third-order valence-electron chi connectivity index (χ3n) is 6.46. The van der Waals surface area contributed by atoms with Gasteiger partial charge in [-0.15, -0.1) is 0 Å². The SMILES string of the molecule is COc1cccc(C(=O)NC[C@@H](c2ccc3c(c2)CCCN3C)N2CCCCC2)c1. The molecule has 1 saturated heterocycles. The molecule has 0 bridgehead atoms. The van der Waals surface area contributed by atoms with Crippen LogP contribution in [0.4, 0.5) is 5.69 Å². The fourth-order valence-corrected chi connectivity index (χ4v) is 4.76. The van der Waals surface area contributed by atoms with E-state index in [4.69, 9.17) is 4.74 Å². The number of likely N-dealkylation sites (tertiary alicyclic amines) is 1. The number of nitrogens with one attached hydrogen (secondary N) is 1. The van der Waals surface area contributed by atoms with Crippen LogP contribution in [0.2, 0.25) is 0 Å². The van der Waals surface area contributed by atoms with Gasteiger partial charge in [-0.1, -0.05) is 24.6 Å². The molecule has 2 heterocycles. The number of amides is 1. The first-order valence-corrected chi connectivity index (χ1v) is 11.2. The van der Waals surface area contributed by atoms with Gasteiger partial charge in [-0.2, -0.15) is 0 Å². The van der Waals surface area contributed by atoms with Crippen LogP contribution in [-0.2, 0) is 6.42 Å². The lowest BCUT2D eigenvalue weighted by atomic mass is 9.95. The number of carbonyl (C=O) groups is 1. The molecule has 2 aliphatic heterocycles. The van der Waals surface area contributed by atoms with Gasteiger partial charge >= 0.3 is 0 Å². The van der Waals surface area contributed by atoms with E-state index in [9.17, 15) is 4.79 Å². The molecule has 5 heteroatoms. The third-order valence-corrected chi connectivity index (χ3v) is 6.46. The van der Waals surface area contributed by atoms with Crippen molar-refractivity contribution in [1.29, 1.82) is 0 Å². The van der Waals surface area contributed by atoms with Crippen LogP contribution in [0.5, 0.6) is 5.75 Å². The standard InChI is InChI=1S/C25H33N3O2/c1-27-13-7-9-19-16-20(11-12-23(19)27)24(28-14-4-3-5-15-28)18-26-25(29)21-8-6-10-22(17-21)30-2/h6,8,10-12,16-17,24H,3-5,7,9,13-15,18H2,1-2H3,(H,26,29)/t24-/m0/s1. The number of aryl methyl sites for hydroxylation is 1. The zero-order valence-electron chi connectivity index (χ0n) is 18.2. The summed E-state index contributed by atoms with van der Waals surface area (Å²) in [4.78, 5) is 17.7. The second-order valence-corrected chi connectivity index (χ2v) is 8.47. The Hall–Kier alpha value is -2.53. The Morgan fingerprint density at radius 1 is 1.07 bits per heavy atom. The van der Waals surface area contributed by atoms with E-state index in [1.807, 2.05) is 18.2 Å². The van der Waals surface area contributed by atoms with Crippen LogP contribution in [0.25, 0.3) is 0 Å². The number of hydrogen-bond donors (Lipinski definition) is 1. The number of methoxy groups -OCH3 is 1. The minimum absolute atomic E-state index is 0.0476. The van der Waals surface area contributed by atoms with E-state index < -0.39 is 0 Å². The highest BCUT2D eigenvalue weighted by Gasteiger charge is 2.25. The fourth-order valence-electron chi connectivity index (χ4n) is 4.76. The summed E-state index contributed by atoms with van der Waals surface area (Å²) < 4.78 is 5.26. The number of hydrogen-bond acceptors (Lipinski definition) is 4. The topological polar surface area (TPSA) is 44.8 Å². The molecule has 1 amide bonds. The average molecular weight is 408 g/mol. The van der Waals surface area contributed by atoms with Crippen molar-refractivity contribution in [3.8, 4) is 5.75 Å². The highest BCUT2D eigenvalue weighted by molar-refractivity contribution is 5.94. The largest absolute Gasteiger partial charge is 0.497 e. The zero-order chi connectivity index (χ0) is 20.9. The number of anilines is 1. The van der Waals surface area contributed by atoms with Crippen molar-refractivity contribution in [2.75, 3.05) is 45.2 Å². The van der Waals surface area contributed by atoms with Gasteiger partial charge in [-0.05, 0) is 74.2 Å². The molecule has 0 unspecified atom stereocenters. The molecule has 1 atom stereocenters. The second kappa shape index (κ2) is 9.52. The van der Waals surface area contributed by atoms with Crippen molar-refractivity contribution in [3.63, 3.8) is 0 Å². The van der Waals surface area contributed by atoms with Gasteiger partial charge in [0.25, 0.3) is 5.91 Å². The summed E-state index contributed by atoms with van der Waals surface area (Å²) in [6, 6.07) is 14.5. The van der Waals surface area contributed by atoms with Gasteiger partial charge < -0.3 is 15.0 Å². The van der Waals surface area contributed by atoms with E-state index in [0.29, 0.717) is 17.9 Å². The Kier molecular flexibility index (Phi) is 6.58. The number of piperidine rings is 1. The predicted molar refractivity (Wildman–Crippen MR) is 122 cm³/mol. The Morgan fingerprint density at radius 2 is 1.90 bits per heavy atom. The summed E-state index contributed by atoms with van der Waals surface area (Å²) in [5, 5.41) is 3.19. The van der Waals surface area contributed by atoms with E-state index in [0.717, 1.165) is 26.1 Å². The number of rotatable bonds is 6. The maximum atomic E-state index is 12.8. The van der Waals surface area contributed by atoms with E-state index in [1.165, 1.54) is 42.5 Å². The van der Waals surface area contributed by atoms with Crippen LogP contribution < -0.4 is 15.0 Å². The van der Waals surface area contributed by atoms with Crippen molar-refractivity contribution in [2.45, 2.75) is 38.1 Å². The Morgan fingerprint density at radius 3 is 2.70 bits per heavy atom. The van der Waals surface area contributed by atoms with Crippen molar-refractivity contribution in [2.24, 2.45) is 0 Å². The van der Waals surface area contributed by atoms with Gasteiger partial charge in [0.15, 0.2) is 0 Å². The van der Waals surface area contributed by atoms with Crippen molar-refractivity contribution >= 4 is 11.6 Å². The van der Waals surface area contributed by atoms with Gasteiger partial charge in [0.05, 0.1) is 13.2 Å². The Labute approximate surface area is 180 Å². The number of ether oxygens (including phenoxy) is 1. The molecule has 2 aromatic rings. The molecule has 2 aromatic carbocycles. The molecule has 4 rings (SSSR count). The number of nitrogens with zero attached hydrogens (tertiary/aromatic N) is 2. The maximum Gasteiger partial charge on any atom is 0.251 e. The van der Waals surface area contributed by atoms with Crippen LogP contribution in [0.15, 0.2) is 42.5 Å². The van der Waals surface area contributed by atoms with E-state index in [2.05, 4.69) is 40.4 Å². The highest BCUT2D eigenvalue weighted by Crippen LogP contribution is 2.31. The van der Waals surface area contributed by atoms with Gasteiger partial charge in [-0.25, -0.2) is 0 Å². The Bertz CT molecular complexity index is 876. The summed E-state index contributed by atoms with van der Waals surface area (Å²) in [5.74, 6) is 0.655. The lowest BCUT2D eigenvalue weighted by molar-refractivity contribution is 0.0924. The van der Waals surface area contributed by atoms with E-state index in [-0.39, 0.29) is 11.9 Å². The summed E-state index contributed by atoms with van der Waals surface area (Å²) in [6.45, 7) is 3.93. The second-order valence-electron chi connectivity index (χ2n) is 8.47. The molecule has 1 N–H and O–H groups in total. The van der Waals surface area contributed by atoms with E-state index >= 15 is 0 Å². The molecule has 0 aliphatic carbocycles. The van der Waals surface area contributed by atoms with Crippen molar-refractivity contribution < 1.29 is 9.53 Å². The summed E-state index contributed by atoms with van der Waals surface area (Å²) in [7, 11) is 3.80. The molecule has 0 saturated carbocycles. The molecule has 0 spiro atoms. The highest BCUT2D eigenvalue weighted by atomic mass is 16.5. The van der Waals surface area contributed by atoms with Gasteiger partial charge in [-0.3, -0.25) is 9.69 Å². The molecule has 5 nitrogen and oxygen atoms in total. The van der Waals surface area contributed by atoms with Crippen LogP contribution >= 0.6 is 0 Å². The molecule has 160 valence electrons. The summed E-state index contributed by atoms with van der Waals surface area (Å²) >= 11 is 0. The van der Waals surface area contributed by atoms with Gasteiger partial charge in [0.2, 0.25) is 0 Å². The minimum atomic E-state index is -0.0476. The first-order valence-electron chi connectivity index (χ1n) is 11.2. The van der Waals surface area contributed by atoms with Crippen molar-refractivity contribution in [1.82, 2.24) is 10.2 Å². The number of benzene rings is 2. The first kappa shape index (κ1) is 20.7. The van der Waals surface area contributed by atoms with Gasteiger partial charge in [0, 0.05) is 31.4 Å². The molecule has 2 aliphatic rings. The van der Waals surface area contributed by atoms with Crippen LogP contribution in [0.3, 0.4) is 0 Å². The van der Waals surface area contributed by atoms with Crippen LogP contribution in [-0.4, -0.2) is 51.1 Å². The summed E-state index contributed by atoms with van der Waals surface area (Å²) in [6.07, 6.45) is 6.10. The smallest absolute Gasteiger partial charge is 0.251 e. The molecular weight excluding hydrogens is 374 g/mol. The average Bonchev–Trinajstić information content (AvgIpc) is 2.80. The van der Waals surface area contributed by atoms with Crippen molar-refractivity contribution in [3.05, 3.63) is 59.2 Å². The molecule has 30 heavy (non-hydrogen) atoms. The lowest BCUT2D eigenvalue weighted by Gasteiger charge is -2.36. The van der Waals surface area contributed by atoms with Gasteiger partial charge in [0.1, 0.15) is 5.75 Å². The quantitative estimate of drug-likeness (QED) is 0.785. The van der Waals surface area contributed by atoms with Crippen LogP contribution in [0, 0.1) is 0 Å². The minimum Gasteiger partial charge on any atom is -0.497 e. The predicted octanol–water partition coefficient (Wildman–Crippen LogP) is 4.03. The molecule has 0 radical (unpaired) electrons. The third kappa shape index (κ3) is 4.62. The number of carbonyl (C=O) groups excluding carboxylic acids is 1. The summed E-state index contributed by atoms with van der Waals surface area (Å²) in [5.41, 5.74) is 4.74. The normalized spacial score (nSPS) is 17.9. The van der Waals surface area contributed by atoms with Crippen LogP contribution in [0.1, 0.15) is 53.2 Å². The first-order chi connectivity index (χ1) is 14.7.